The van der Waals surface area contributed by atoms with Crippen molar-refractivity contribution in [1.29, 1.82) is 0 Å². The van der Waals surface area contributed by atoms with Gasteiger partial charge in [0.05, 0.1) is 32.9 Å². The van der Waals surface area contributed by atoms with Gasteiger partial charge in [0.25, 0.3) is 0 Å². The first-order valence-electron chi connectivity index (χ1n) is 8.26. The van der Waals surface area contributed by atoms with E-state index in [1.165, 1.54) is 0 Å². The van der Waals surface area contributed by atoms with E-state index in [9.17, 15) is 19.2 Å². The summed E-state index contributed by atoms with van der Waals surface area (Å²) in [5.74, 6) is -5.48. The molecule has 164 valence electrons. The molecule has 28 heavy (non-hydrogen) atoms. The maximum Gasteiger partial charge on any atom is 0.320 e. The van der Waals surface area contributed by atoms with Crippen LogP contribution in [0.25, 0.3) is 0 Å². The van der Waals surface area contributed by atoms with Crippen molar-refractivity contribution >= 4 is 23.9 Å². The molecule has 0 unspecified atom stereocenters. The van der Waals surface area contributed by atoms with E-state index in [0.29, 0.717) is 24.5 Å². The molecular weight excluding hydrogens is 384 g/mol. The minimum atomic E-state index is -1.46. The third-order valence-corrected chi connectivity index (χ3v) is 3.28. The summed E-state index contributed by atoms with van der Waals surface area (Å²) in [5, 5.41) is 59.9. The molecule has 0 rings (SSSR count). The van der Waals surface area contributed by atoms with Gasteiger partial charge in [-0.15, -0.1) is 0 Å². The Labute approximate surface area is 161 Å². The quantitative estimate of drug-likeness (QED) is 0.143. The Morgan fingerprint density at radius 3 is 1.32 bits per heavy atom. The third kappa shape index (κ3) is 15.9. The van der Waals surface area contributed by atoms with Crippen LogP contribution in [0.3, 0.4) is 0 Å². The van der Waals surface area contributed by atoms with E-state index in [-0.39, 0.29) is 26.2 Å². The van der Waals surface area contributed by atoms with E-state index in [1.807, 2.05) is 0 Å². The Morgan fingerprint density at radius 1 is 0.679 bits per heavy atom. The molecule has 0 aliphatic carbocycles. The number of carbonyl (C=O) groups is 4. The van der Waals surface area contributed by atoms with Crippen molar-refractivity contribution in [2.24, 2.45) is 0 Å². The molecule has 0 saturated carbocycles. The Morgan fingerprint density at radius 2 is 1.07 bits per heavy atom. The Kier molecular flexibility index (Phi) is 16.8. The van der Waals surface area contributed by atoms with E-state index in [4.69, 9.17) is 35.7 Å². The van der Waals surface area contributed by atoms with Gasteiger partial charge in [-0.1, -0.05) is 0 Å². The molecule has 0 aromatic heterocycles. The van der Waals surface area contributed by atoms with Crippen molar-refractivity contribution in [3.63, 3.8) is 0 Å². The van der Waals surface area contributed by atoms with Crippen LogP contribution >= 0.6 is 0 Å². The first kappa shape index (κ1) is 27.9. The number of aliphatic hydroxyl groups is 3. The zero-order chi connectivity index (χ0) is 22.1. The minimum Gasteiger partial charge on any atom is -0.481 e. The molecule has 0 fully saturated rings. The number of hydrogen-bond acceptors (Lipinski definition) is 9. The number of nitrogens with zero attached hydrogens (tertiary/aromatic N) is 2. The highest BCUT2D eigenvalue weighted by atomic mass is 16.4. The summed E-state index contributed by atoms with van der Waals surface area (Å²) in [7, 11) is 0. The van der Waals surface area contributed by atoms with Crippen molar-refractivity contribution in [2.75, 3.05) is 52.5 Å². The summed E-state index contributed by atoms with van der Waals surface area (Å²) in [6.45, 7) is 0.176. The van der Waals surface area contributed by atoms with E-state index in [0.717, 1.165) is 0 Å². The molecular formula is C15H28N2O11. The Bertz CT molecular complexity index is 456. The molecule has 0 aliphatic rings. The number of aliphatic carboxylic acids is 4. The summed E-state index contributed by atoms with van der Waals surface area (Å²) < 4.78 is 0. The lowest BCUT2D eigenvalue weighted by molar-refractivity contribution is -0.149. The SMILES string of the molecule is O=C(O)CC[C@@H](C(=O)O)N(CC(=O)O)CC(=O)O.OCCN(CCO)CCO. The average Bonchev–Trinajstić information content (AvgIpc) is 2.54. The van der Waals surface area contributed by atoms with Crippen LogP contribution in [0.4, 0.5) is 0 Å². The van der Waals surface area contributed by atoms with E-state index in [2.05, 4.69) is 0 Å². The van der Waals surface area contributed by atoms with Crippen LogP contribution in [-0.2, 0) is 19.2 Å². The number of carboxylic acid groups (broad SMARTS) is 4. The molecule has 13 heteroatoms. The predicted octanol–water partition coefficient (Wildman–Crippen LogP) is -2.96. The van der Waals surface area contributed by atoms with Crippen LogP contribution in [0.2, 0.25) is 0 Å². The lowest BCUT2D eigenvalue weighted by Gasteiger charge is -2.25. The minimum absolute atomic E-state index is 0.0694. The van der Waals surface area contributed by atoms with Gasteiger partial charge < -0.3 is 35.7 Å². The summed E-state index contributed by atoms with van der Waals surface area (Å²) in [6.07, 6.45) is -0.863. The Hall–Kier alpha value is -2.32. The van der Waals surface area contributed by atoms with E-state index < -0.39 is 49.4 Å². The fraction of sp³-hybridized carbons (Fsp3) is 0.733. The highest BCUT2D eigenvalue weighted by Crippen LogP contribution is 2.08. The second-order valence-corrected chi connectivity index (χ2v) is 5.49. The average molecular weight is 412 g/mol. The summed E-state index contributed by atoms with van der Waals surface area (Å²) >= 11 is 0. The largest absolute Gasteiger partial charge is 0.481 e. The van der Waals surface area contributed by atoms with Crippen LogP contribution in [-0.4, -0.2) is 128 Å². The van der Waals surface area contributed by atoms with Crippen LogP contribution in [0.5, 0.6) is 0 Å². The second kappa shape index (κ2) is 16.8. The van der Waals surface area contributed by atoms with Gasteiger partial charge in [0.2, 0.25) is 0 Å². The van der Waals surface area contributed by atoms with Gasteiger partial charge in [-0.2, -0.15) is 0 Å². The summed E-state index contributed by atoms with van der Waals surface area (Å²) in [4.78, 5) is 44.8. The number of carboxylic acids is 4. The monoisotopic (exact) mass is 412 g/mol. The van der Waals surface area contributed by atoms with Gasteiger partial charge in [-0.05, 0) is 6.42 Å². The molecule has 0 saturated heterocycles. The predicted molar refractivity (Wildman–Crippen MR) is 92.8 cm³/mol. The summed E-state index contributed by atoms with van der Waals surface area (Å²) in [5.41, 5.74) is 0. The smallest absolute Gasteiger partial charge is 0.320 e. The van der Waals surface area contributed by atoms with E-state index >= 15 is 0 Å². The molecule has 7 N–H and O–H groups in total. The normalized spacial score (nSPS) is 11.6. The molecule has 0 aromatic rings. The maximum atomic E-state index is 10.9. The molecule has 0 aliphatic heterocycles. The zero-order valence-electron chi connectivity index (χ0n) is 15.3. The fourth-order valence-corrected chi connectivity index (χ4v) is 2.11. The fourth-order valence-electron chi connectivity index (χ4n) is 2.11. The standard InChI is InChI=1S/C9H13NO8.C6H15NO3/c11-6(12)2-1-5(9(17)18)10(3-7(13)14)4-8(15)16;8-4-1-7(2-5-9)3-6-10/h5H,1-4H2,(H,11,12)(H,13,14)(H,15,16)(H,17,18);8-10H,1-6H2/t5-;/m0./s1. The molecule has 1 atom stereocenters. The van der Waals surface area contributed by atoms with Gasteiger partial charge in [0.15, 0.2) is 0 Å². The van der Waals surface area contributed by atoms with Crippen LogP contribution in [0, 0.1) is 0 Å². The van der Waals surface area contributed by atoms with Gasteiger partial charge in [-0.3, -0.25) is 29.0 Å². The topological polar surface area (TPSA) is 216 Å². The number of hydrogen-bond donors (Lipinski definition) is 7. The molecule has 0 amide bonds. The van der Waals surface area contributed by atoms with Gasteiger partial charge >= 0.3 is 23.9 Å². The first-order chi connectivity index (χ1) is 13.1. The second-order valence-electron chi connectivity index (χ2n) is 5.49. The van der Waals surface area contributed by atoms with Gasteiger partial charge in [-0.25, -0.2) is 0 Å². The van der Waals surface area contributed by atoms with E-state index in [1.54, 1.807) is 4.90 Å². The Balaban J connectivity index is 0. The molecule has 0 spiro atoms. The molecule has 13 nitrogen and oxygen atoms in total. The highest BCUT2D eigenvalue weighted by molar-refractivity contribution is 5.78. The van der Waals surface area contributed by atoms with Gasteiger partial charge in [0.1, 0.15) is 6.04 Å². The lowest BCUT2D eigenvalue weighted by Crippen LogP contribution is -2.46. The van der Waals surface area contributed by atoms with Crippen molar-refractivity contribution in [1.82, 2.24) is 9.80 Å². The third-order valence-electron chi connectivity index (χ3n) is 3.28. The molecule has 0 heterocycles. The first-order valence-corrected chi connectivity index (χ1v) is 8.26. The molecule has 0 aromatic carbocycles. The zero-order valence-corrected chi connectivity index (χ0v) is 15.3. The van der Waals surface area contributed by atoms with Crippen molar-refractivity contribution in [3.8, 4) is 0 Å². The van der Waals surface area contributed by atoms with Crippen LogP contribution in [0.15, 0.2) is 0 Å². The molecule has 0 radical (unpaired) electrons. The van der Waals surface area contributed by atoms with Crippen molar-refractivity contribution < 1.29 is 54.9 Å². The van der Waals surface area contributed by atoms with Crippen molar-refractivity contribution in [2.45, 2.75) is 18.9 Å². The lowest BCUT2D eigenvalue weighted by atomic mass is 10.1. The highest BCUT2D eigenvalue weighted by Gasteiger charge is 2.29. The molecule has 0 bridgehead atoms. The number of aliphatic hydroxyl groups excluding tert-OH is 3. The number of rotatable bonds is 15. The maximum absolute atomic E-state index is 10.9. The van der Waals surface area contributed by atoms with Crippen LogP contribution in [0.1, 0.15) is 12.8 Å². The van der Waals surface area contributed by atoms with Gasteiger partial charge in [0, 0.05) is 26.1 Å². The summed E-state index contributed by atoms with van der Waals surface area (Å²) in [6, 6.07) is -1.46. The van der Waals surface area contributed by atoms with Crippen LogP contribution < -0.4 is 0 Å². The van der Waals surface area contributed by atoms with Crippen molar-refractivity contribution in [3.05, 3.63) is 0 Å².